The largest absolute Gasteiger partial charge is 0.366 e. The summed E-state index contributed by atoms with van der Waals surface area (Å²) >= 11 is 0. The van der Waals surface area contributed by atoms with E-state index in [1.54, 1.807) is 0 Å². The van der Waals surface area contributed by atoms with Crippen LogP contribution in [-0.2, 0) is 9.59 Å². The quantitative estimate of drug-likeness (QED) is 0.777. The lowest BCUT2D eigenvalue weighted by atomic mass is 9.97. The van der Waals surface area contributed by atoms with Gasteiger partial charge < -0.3 is 4.90 Å². The van der Waals surface area contributed by atoms with Crippen LogP contribution in [0.25, 0.3) is 5.57 Å². The van der Waals surface area contributed by atoms with E-state index in [4.69, 9.17) is 0 Å². The summed E-state index contributed by atoms with van der Waals surface area (Å²) in [6, 6.07) is 14.8. The van der Waals surface area contributed by atoms with Crippen LogP contribution >= 0.6 is 0 Å². The maximum Gasteiger partial charge on any atom is 0.282 e. The molecule has 2 aromatic carbocycles. The first-order chi connectivity index (χ1) is 13.1. The average Bonchev–Trinajstić information content (AvgIpc) is 2.94. The Morgan fingerprint density at radius 1 is 0.889 bits per heavy atom. The van der Waals surface area contributed by atoms with Gasteiger partial charge in [-0.3, -0.25) is 9.59 Å². The Bertz CT molecular complexity index is 898. The third-order valence-corrected chi connectivity index (χ3v) is 5.31. The smallest absolute Gasteiger partial charge is 0.282 e. The molecule has 0 unspecified atom stereocenters. The molecule has 0 saturated carbocycles. The number of piperidine rings is 1. The van der Waals surface area contributed by atoms with Crippen LogP contribution in [0.3, 0.4) is 0 Å². The predicted molar refractivity (Wildman–Crippen MR) is 102 cm³/mol. The molecule has 2 amide bonds. The van der Waals surface area contributed by atoms with Crippen LogP contribution < -0.4 is 4.90 Å². The van der Waals surface area contributed by atoms with Crippen molar-refractivity contribution in [1.29, 1.82) is 0 Å². The van der Waals surface area contributed by atoms with Gasteiger partial charge in [0.1, 0.15) is 11.5 Å². The molecule has 0 N–H and O–H groups in total. The SMILES string of the molecule is CC1CCN(C2=C(c3ccccc3)C(=O)N(c3ccc(F)cc3)C2=O)CC1. The molecule has 2 aliphatic rings. The fourth-order valence-electron chi connectivity index (χ4n) is 3.73. The zero-order valence-electron chi connectivity index (χ0n) is 15.2. The summed E-state index contributed by atoms with van der Waals surface area (Å²) < 4.78 is 13.3. The van der Waals surface area contributed by atoms with Crippen LogP contribution in [0.2, 0.25) is 0 Å². The van der Waals surface area contributed by atoms with Crippen molar-refractivity contribution < 1.29 is 14.0 Å². The van der Waals surface area contributed by atoms with Gasteiger partial charge in [0.05, 0.1) is 11.3 Å². The zero-order chi connectivity index (χ0) is 19.0. The van der Waals surface area contributed by atoms with Gasteiger partial charge in [-0.2, -0.15) is 0 Å². The number of nitrogens with zero attached hydrogens (tertiary/aromatic N) is 2. The number of likely N-dealkylation sites (tertiary alicyclic amines) is 1. The molecule has 0 aromatic heterocycles. The van der Waals surface area contributed by atoms with Crippen molar-refractivity contribution >= 4 is 23.1 Å². The third-order valence-electron chi connectivity index (χ3n) is 5.31. The molecule has 27 heavy (non-hydrogen) atoms. The Morgan fingerprint density at radius 3 is 2.15 bits per heavy atom. The number of halogens is 1. The minimum atomic E-state index is -0.403. The van der Waals surface area contributed by atoms with Gasteiger partial charge in [-0.15, -0.1) is 0 Å². The van der Waals surface area contributed by atoms with Crippen LogP contribution in [0, 0.1) is 11.7 Å². The molecule has 138 valence electrons. The number of amides is 2. The molecule has 5 heteroatoms. The number of benzene rings is 2. The molecule has 1 fully saturated rings. The summed E-state index contributed by atoms with van der Waals surface area (Å²) in [5, 5.41) is 0. The van der Waals surface area contributed by atoms with Crippen LogP contribution in [0.5, 0.6) is 0 Å². The summed E-state index contributed by atoms with van der Waals surface area (Å²) in [6.07, 6.45) is 1.98. The van der Waals surface area contributed by atoms with Gasteiger partial charge in [0.15, 0.2) is 0 Å². The number of imide groups is 1. The van der Waals surface area contributed by atoms with Crippen molar-refractivity contribution in [3.8, 4) is 0 Å². The molecule has 2 aliphatic heterocycles. The highest BCUT2D eigenvalue weighted by molar-refractivity contribution is 6.45. The van der Waals surface area contributed by atoms with E-state index >= 15 is 0 Å². The number of anilines is 1. The standard InChI is InChI=1S/C22H21FN2O2/c1-15-11-13-24(14-12-15)20-19(16-5-3-2-4-6-16)21(26)25(22(20)27)18-9-7-17(23)8-10-18/h2-10,15H,11-14H2,1H3. The Labute approximate surface area is 157 Å². The first-order valence-corrected chi connectivity index (χ1v) is 9.25. The van der Waals surface area contributed by atoms with Crippen LogP contribution in [0.15, 0.2) is 60.3 Å². The highest BCUT2D eigenvalue weighted by atomic mass is 19.1. The van der Waals surface area contributed by atoms with Gasteiger partial charge in [0.25, 0.3) is 11.8 Å². The van der Waals surface area contributed by atoms with Crippen molar-refractivity contribution in [3.05, 3.63) is 71.7 Å². The van der Waals surface area contributed by atoms with Crippen LogP contribution in [-0.4, -0.2) is 29.8 Å². The van der Waals surface area contributed by atoms with Crippen molar-refractivity contribution in [2.75, 3.05) is 18.0 Å². The molecule has 4 nitrogen and oxygen atoms in total. The zero-order valence-corrected chi connectivity index (χ0v) is 15.2. The van der Waals surface area contributed by atoms with Gasteiger partial charge in [0, 0.05) is 13.1 Å². The number of carbonyl (C=O) groups is 2. The van der Waals surface area contributed by atoms with E-state index in [0.29, 0.717) is 22.9 Å². The summed E-state index contributed by atoms with van der Waals surface area (Å²) in [7, 11) is 0. The minimum absolute atomic E-state index is 0.333. The van der Waals surface area contributed by atoms with Gasteiger partial charge in [-0.25, -0.2) is 9.29 Å². The van der Waals surface area contributed by atoms with Gasteiger partial charge in [0.2, 0.25) is 0 Å². The number of carbonyl (C=O) groups excluding carboxylic acids is 2. The lowest BCUT2D eigenvalue weighted by molar-refractivity contribution is -0.120. The molecular formula is C22H21FN2O2. The summed E-state index contributed by atoms with van der Waals surface area (Å²) in [5.74, 6) is -0.479. The first kappa shape index (κ1) is 17.5. The van der Waals surface area contributed by atoms with Gasteiger partial charge in [-0.1, -0.05) is 37.3 Å². The normalized spacial score (nSPS) is 18.6. The molecule has 4 rings (SSSR count). The number of rotatable bonds is 3. The second-order valence-electron chi connectivity index (χ2n) is 7.18. The average molecular weight is 364 g/mol. The lowest BCUT2D eigenvalue weighted by Crippen LogP contribution is -2.38. The Balaban J connectivity index is 1.79. The van der Waals surface area contributed by atoms with Crippen molar-refractivity contribution in [2.24, 2.45) is 5.92 Å². The van der Waals surface area contributed by atoms with Crippen molar-refractivity contribution in [2.45, 2.75) is 19.8 Å². The van der Waals surface area contributed by atoms with Crippen LogP contribution in [0.4, 0.5) is 10.1 Å². The molecule has 0 radical (unpaired) electrons. The Kier molecular flexibility index (Phi) is 4.52. The van der Waals surface area contributed by atoms with E-state index in [0.717, 1.165) is 36.4 Å². The molecule has 0 spiro atoms. The van der Waals surface area contributed by atoms with Crippen molar-refractivity contribution in [1.82, 2.24) is 4.90 Å². The minimum Gasteiger partial charge on any atom is -0.366 e. The van der Waals surface area contributed by atoms with E-state index in [1.807, 2.05) is 35.2 Å². The molecule has 0 bridgehead atoms. The monoisotopic (exact) mass is 364 g/mol. The predicted octanol–water partition coefficient (Wildman–Crippen LogP) is 3.84. The topological polar surface area (TPSA) is 40.6 Å². The molecule has 0 atom stereocenters. The second kappa shape index (κ2) is 6.99. The summed E-state index contributed by atoms with van der Waals surface area (Å²) in [6.45, 7) is 3.71. The second-order valence-corrected chi connectivity index (χ2v) is 7.18. The maximum absolute atomic E-state index is 13.3. The molecule has 0 aliphatic carbocycles. The number of hydrogen-bond donors (Lipinski definition) is 0. The Morgan fingerprint density at radius 2 is 1.52 bits per heavy atom. The van der Waals surface area contributed by atoms with E-state index in [-0.39, 0.29) is 11.8 Å². The highest BCUT2D eigenvalue weighted by Gasteiger charge is 2.42. The third kappa shape index (κ3) is 3.14. The van der Waals surface area contributed by atoms with Gasteiger partial charge in [-0.05, 0) is 48.6 Å². The number of hydrogen-bond acceptors (Lipinski definition) is 3. The van der Waals surface area contributed by atoms with E-state index < -0.39 is 5.82 Å². The molecule has 2 aromatic rings. The molecule has 1 saturated heterocycles. The lowest BCUT2D eigenvalue weighted by Gasteiger charge is -2.32. The molecular weight excluding hydrogens is 343 g/mol. The summed E-state index contributed by atoms with van der Waals surface area (Å²) in [4.78, 5) is 29.7. The molecule has 2 heterocycles. The highest BCUT2D eigenvalue weighted by Crippen LogP contribution is 2.36. The van der Waals surface area contributed by atoms with Crippen LogP contribution in [0.1, 0.15) is 25.3 Å². The summed E-state index contributed by atoms with van der Waals surface area (Å²) in [5.41, 5.74) is 2.01. The van der Waals surface area contributed by atoms with E-state index in [1.165, 1.54) is 24.3 Å². The van der Waals surface area contributed by atoms with E-state index in [9.17, 15) is 14.0 Å². The fourth-order valence-corrected chi connectivity index (χ4v) is 3.73. The van der Waals surface area contributed by atoms with E-state index in [2.05, 4.69) is 6.92 Å². The first-order valence-electron chi connectivity index (χ1n) is 9.25. The van der Waals surface area contributed by atoms with Gasteiger partial charge >= 0.3 is 0 Å². The fraction of sp³-hybridized carbons (Fsp3) is 0.273. The van der Waals surface area contributed by atoms with Crippen molar-refractivity contribution in [3.63, 3.8) is 0 Å². The maximum atomic E-state index is 13.3. The Hall–Kier alpha value is -2.95.